The Hall–Kier alpha value is -2.92. The van der Waals surface area contributed by atoms with Gasteiger partial charge in [0.25, 0.3) is 5.91 Å². The van der Waals surface area contributed by atoms with E-state index in [4.69, 9.17) is 4.52 Å². The molecule has 138 valence electrons. The highest BCUT2D eigenvalue weighted by atomic mass is 16.5. The number of benzene rings is 2. The van der Waals surface area contributed by atoms with Gasteiger partial charge < -0.3 is 14.5 Å². The summed E-state index contributed by atoms with van der Waals surface area (Å²) in [6.07, 6.45) is 1.87. The number of carbonyl (C=O) groups is 1. The van der Waals surface area contributed by atoms with Crippen LogP contribution in [0, 0.1) is 5.92 Å². The van der Waals surface area contributed by atoms with Crippen LogP contribution in [0.5, 0.6) is 0 Å². The van der Waals surface area contributed by atoms with Crippen LogP contribution in [-0.2, 0) is 13.0 Å². The number of carbonyl (C=O) groups excluding carboxylic acids is 1. The molecule has 0 aliphatic carbocycles. The molecular weight excluding hydrogens is 340 g/mol. The summed E-state index contributed by atoms with van der Waals surface area (Å²) in [4.78, 5) is 14.6. The summed E-state index contributed by atoms with van der Waals surface area (Å²) in [7, 11) is 0. The van der Waals surface area contributed by atoms with E-state index in [-0.39, 0.29) is 18.3 Å². The molecule has 5 nitrogen and oxygen atoms in total. The number of aliphatic hydroxyl groups excluding tert-OH is 1. The fraction of sp³-hybridized carbons (Fsp3) is 0.273. The van der Waals surface area contributed by atoms with Crippen molar-refractivity contribution in [3.63, 3.8) is 0 Å². The van der Waals surface area contributed by atoms with Crippen LogP contribution in [0.4, 0.5) is 0 Å². The number of aliphatic hydroxyl groups is 1. The predicted octanol–water partition coefficient (Wildman–Crippen LogP) is 3.54. The van der Waals surface area contributed by atoms with E-state index >= 15 is 0 Å². The third-order valence-electron chi connectivity index (χ3n) is 5.06. The monoisotopic (exact) mass is 362 g/mol. The highest BCUT2D eigenvalue weighted by Gasteiger charge is 2.29. The van der Waals surface area contributed by atoms with Crippen molar-refractivity contribution in [3.05, 3.63) is 77.6 Å². The van der Waals surface area contributed by atoms with Crippen molar-refractivity contribution < 1.29 is 14.4 Å². The lowest BCUT2D eigenvalue weighted by Gasteiger charge is -2.15. The fourth-order valence-corrected chi connectivity index (χ4v) is 3.65. The zero-order valence-corrected chi connectivity index (χ0v) is 15.0. The third-order valence-corrected chi connectivity index (χ3v) is 5.06. The average molecular weight is 362 g/mol. The quantitative estimate of drug-likeness (QED) is 0.754. The number of hydrogen-bond acceptors (Lipinski definition) is 4. The molecule has 1 unspecified atom stereocenters. The summed E-state index contributed by atoms with van der Waals surface area (Å²) in [5.41, 5.74) is 3.74. The number of hydrogen-bond donors (Lipinski definition) is 1. The Morgan fingerprint density at radius 3 is 2.74 bits per heavy atom. The molecule has 1 fully saturated rings. The van der Waals surface area contributed by atoms with Crippen LogP contribution >= 0.6 is 0 Å². The van der Waals surface area contributed by atoms with E-state index in [9.17, 15) is 9.90 Å². The van der Waals surface area contributed by atoms with Crippen LogP contribution in [0.3, 0.4) is 0 Å². The molecule has 27 heavy (non-hydrogen) atoms. The molecule has 1 amide bonds. The Kier molecular flexibility index (Phi) is 5.03. The van der Waals surface area contributed by atoms with Crippen molar-refractivity contribution in [2.45, 2.75) is 19.4 Å². The maximum absolute atomic E-state index is 12.7. The number of rotatable bonds is 5. The molecule has 1 atom stereocenters. The van der Waals surface area contributed by atoms with Gasteiger partial charge in [0.1, 0.15) is 5.69 Å². The van der Waals surface area contributed by atoms with Crippen LogP contribution in [-0.4, -0.2) is 34.2 Å². The number of amides is 1. The molecule has 1 saturated heterocycles. The molecule has 0 bridgehead atoms. The zero-order chi connectivity index (χ0) is 18.6. The maximum atomic E-state index is 12.7. The van der Waals surface area contributed by atoms with Gasteiger partial charge >= 0.3 is 0 Å². The second kappa shape index (κ2) is 7.76. The SMILES string of the molecule is O=C(c1cc(-c2ccccc2)no1)N1CCC(Cc2cccc(CO)c2)C1. The van der Waals surface area contributed by atoms with Crippen molar-refractivity contribution in [2.75, 3.05) is 13.1 Å². The lowest BCUT2D eigenvalue weighted by atomic mass is 9.97. The third kappa shape index (κ3) is 3.93. The summed E-state index contributed by atoms with van der Waals surface area (Å²) in [5, 5.41) is 13.3. The second-order valence-corrected chi connectivity index (χ2v) is 7.03. The van der Waals surface area contributed by atoms with E-state index in [0.717, 1.165) is 30.5 Å². The number of nitrogens with zero attached hydrogens (tertiary/aromatic N) is 2. The molecule has 0 spiro atoms. The highest BCUT2D eigenvalue weighted by Crippen LogP contribution is 2.25. The Morgan fingerprint density at radius 1 is 1.11 bits per heavy atom. The van der Waals surface area contributed by atoms with E-state index < -0.39 is 0 Å². The van der Waals surface area contributed by atoms with E-state index in [1.54, 1.807) is 6.07 Å². The molecule has 4 rings (SSSR count). The van der Waals surface area contributed by atoms with Crippen molar-refractivity contribution >= 4 is 5.91 Å². The summed E-state index contributed by atoms with van der Waals surface area (Å²) >= 11 is 0. The minimum Gasteiger partial charge on any atom is -0.392 e. The smallest absolute Gasteiger partial charge is 0.292 e. The minimum atomic E-state index is -0.101. The second-order valence-electron chi connectivity index (χ2n) is 7.03. The van der Waals surface area contributed by atoms with Crippen LogP contribution in [0.2, 0.25) is 0 Å². The first kappa shape index (κ1) is 17.5. The molecule has 2 heterocycles. The van der Waals surface area contributed by atoms with Gasteiger partial charge in [-0.25, -0.2) is 0 Å². The average Bonchev–Trinajstić information content (AvgIpc) is 3.38. The molecule has 0 saturated carbocycles. The molecule has 3 aromatic rings. The van der Waals surface area contributed by atoms with Gasteiger partial charge in [-0.15, -0.1) is 0 Å². The summed E-state index contributed by atoms with van der Waals surface area (Å²) < 4.78 is 5.31. The summed E-state index contributed by atoms with van der Waals surface area (Å²) in [5.74, 6) is 0.604. The van der Waals surface area contributed by atoms with Gasteiger partial charge in [0.2, 0.25) is 5.76 Å². The first-order valence-electron chi connectivity index (χ1n) is 9.23. The highest BCUT2D eigenvalue weighted by molar-refractivity contribution is 5.92. The summed E-state index contributed by atoms with van der Waals surface area (Å²) in [6, 6.07) is 19.4. The molecular formula is C22H22N2O3. The van der Waals surface area contributed by atoms with Crippen LogP contribution < -0.4 is 0 Å². The molecule has 1 N–H and O–H groups in total. The van der Waals surface area contributed by atoms with Crippen molar-refractivity contribution in [2.24, 2.45) is 5.92 Å². The maximum Gasteiger partial charge on any atom is 0.292 e. The van der Waals surface area contributed by atoms with Crippen LogP contribution in [0.15, 0.2) is 65.2 Å². The van der Waals surface area contributed by atoms with Gasteiger partial charge in [0.05, 0.1) is 6.61 Å². The largest absolute Gasteiger partial charge is 0.392 e. The van der Waals surface area contributed by atoms with Gasteiger partial charge in [-0.1, -0.05) is 59.8 Å². The summed E-state index contributed by atoms with van der Waals surface area (Å²) in [6.45, 7) is 1.49. The molecule has 1 aliphatic heterocycles. The van der Waals surface area contributed by atoms with Gasteiger partial charge in [0, 0.05) is 24.7 Å². The molecule has 0 radical (unpaired) electrons. The van der Waals surface area contributed by atoms with Gasteiger partial charge in [-0.3, -0.25) is 4.79 Å². The minimum absolute atomic E-state index is 0.0539. The Balaban J connectivity index is 1.40. The predicted molar refractivity (Wildman–Crippen MR) is 102 cm³/mol. The van der Waals surface area contributed by atoms with Crippen molar-refractivity contribution in [1.82, 2.24) is 10.1 Å². The Bertz CT molecular complexity index is 920. The molecule has 2 aromatic carbocycles. The molecule has 5 heteroatoms. The van der Waals surface area contributed by atoms with E-state index in [1.807, 2.05) is 53.4 Å². The lowest BCUT2D eigenvalue weighted by molar-refractivity contribution is 0.0745. The van der Waals surface area contributed by atoms with E-state index in [1.165, 1.54) is 5.56 Å². The number of likely N-dealkylation sites (tertiary alicyclic amines) is 1. The zero-order valence-electron chi connectivity index (χ0n) is 15.0. The van der Waals surface area contributed by atoms with Crippen LogP contribution in [0.1, 0.15) is 28.1 Å². The van der Waals surface area contributed by atoms with Gasteiger partial charge in [-0.05, 0) is 29.9 Å². The molecule has 1 aliphatic rings. The molecule has 1 aromatic heterocycles. The normalized spacial score (nSPS) is 16.6. The number of aromatic nitrogens is 1. The topological polar surface area (TPSA) is 66.6 Å². The Morgan fingerprint density at radius 2 is 1.93 bits per heavy atom. The Labute approximate surface area is 158 Å². The van der Waals surface area contributed by atoms with Gasteiger partial charge in [-0.2, -0.15) is 0 Å². The fourth-order valence-electron chi connectivity index (χ4n) is 3.65. The lowest BCUT2D eigenvalue weighted by Crippen LogP contribution is -2.28. The van der Waals surface area contributed by atoms with E-state index in [2.05, 4.69) is 11.2 Å². The standard InChI is InChI=1S/C22H22N2O3/c25-15-18-6-4-5-16(12-18)11-17-9-10-24(14-17)22(26)21-13-20(23-27-21)19-7-2-1-3-8-19/h1-8,12-13,17,25H,9-11,14-15H2. The van der Waals surface area contributed by atoms with Crippen molar-refractivity contribution in [1.29, 1.82) is 0 Å². The first-order valence-corrected chi connectivity index (χ1v) is 9.23. The van der Waals surface area contributed by atoms with E-state index in [0.29, 0.717) is 18.2 Å². The van der Waals surface area contributed by atoms with Crippen LogP contribution in [0.25, 0.3) is 11.3 Å². The van der Waals surface area contributed by atoms with Crippen molar-refractivity contribution in [3.8, 4) is 11.3 Å². The first-order chi connectivity index (χ1) is 13.2. The van der Waals surface area contributed by atoms with Gasteiger partial charge in [0.15, 0.2) is 0 Å².